The van der Waals surface area contributed by atoms with Gasteiger partial charge in [-0.05, 0) is 64.9 Å². The molecule has 1 aliphatic rings. The van der Waals surface area contributed by atoms with E-state index in [1.165, 1.54) is 0 Å². The number of hydrogen-bond donors (Lipinski definition) is 1. The van der Waals surface area contributed by atoms with Gasteiger partial charge in [0.05, 0.1) is 25.0 Å². The Labute approximate surface area is 190 Å². The van der Waals surface area contributed by atoms with Crippen LogP contribution in [0.1, 0.15) is 21.5 Å². The molecule has 2 N–H and O–H groups in total. The molecule has 0 aliphatic carbocycles. The van der Waals surface area contributed by atoms with Crippen LogP contribution in [0.15, 0.2) is 89.9 Å². The lowest BCUT2D eigenvalue weighted by molar-refractivity contribution is -0.112. The summed E-state index contributed by atoms with van der Waals surface area (Å²) in [7, 11) is 1.59. The van der Waals surface area contributed by atoms with Gasteiger partial charge in [0.25, 0.3) is 5.91 Å². The van der Waals surface area contributed by atoms with Crippen molar-refractivity contribution in [3.8, 4) is 5.75 Å². The van der Waals surface area contributed by atoms with E-state index in [1.54, 1.807) is 54.5 Å². The highest BCUT2D eigenvalue weighted by molar-refractivity contribution is 6.54. The van der Waals surface area contributed by atoms with Crippen molar-refractivity contribution < 1.29 is 14.3 Å². The minimum Gasteiger partial charge on any atom is -0.497 e. The largest absolute Gasteiger partial charge is 0.497 e. The van der Waals surface area contributed by atoms with Crippen molar-refractivity contribution in [2.24, 2.45) is 10.7 Å². The van der Waals surface area contributed by atoms with E-state index in [0.29, 0.717) is 34.8 Å². The van der Waals surface area contributed by atoms with Crippen molar-refractivity contribution in [3.05, 3.63) is 102 Å². The van der Waals surface area contributed by atoms with E-state index in [-0.39, 0.29) is 11.6 Å². The summed E-state index contributed by atoms with van der Waals surface area (Å²) >= 11 is 0. The molecule has 4 aromatic rings. The van der Waals surface area contributed by atoms with Crippen molar-refractivity contribution in [1.82, 2.24) is 0 Å². The first-order valence-electron chi connectivity index (χ1n) is 10.5. The Bertz CT molecular complexity index is 1420. The third-order valence-electron chi connectivity index (χ3n) is 5.74. The first-order valence-corrected chi connectivity index (χ1v) is 10.5. The summed E-state index contributed by atoms with van der Waals surface area (Å²) in [6.45, 7) is 0.383. The Hall–Kier alpha value is -4.45. The van der Waals surface area contributed by atoms with Gasteiger partial charge in [0.2, 0.25) is 5.91 Å². The molecule has 5 rings (SSSR count). The van der Waals surface area contributed by atoms with Crippen molar-refractivity contribution in [2.75, 3.05) is 12.0 Å². The molecule has 2 amide bonds. The van der Waals surface area contributed by atoms with Crippen LogP contribution in [0.2, 0.25) is 0 Å². The summed E-state index contributed by atoms with van der Waals surface area (Å²) in [5.41, 5.74) is 9.00. The van der Waals surface area contributed by atoms with Crippen LogP contribution in [0.25, 0.3) is 10.8 Å². The van der Waals surface area contributed by atoms with E-state index in [2.05, 4.69) is 23.2 Å². The molecule has 162 valence electrons. The summed E-state index contributed by atoms with van der Waals surface area (Å²) in [6, 6.07) is 26.4. The van der Waals surface area contributed by atoms with Crippen LogP contribution < -0.4 is 15.4 Å². The molecule has 0 radical (unpaired) electrons. The molecule has 33 heavy (non-hydrogen) atoms. The zero-order valence-corrected chi connectivity index (χ0v) is 18.0. The number of primary amides is 1. The third kappa shape index (κ3) is 3.83. The molecule has 0 fully saturated rings. The van der Waals surface area contributed by atoms with Gasteiger partial charge < -0.3 is 15.4 Å². The summed E-state index contributed by atoms with van der Waals surface area (Å²) in [6.07, 6.45) is 0. The SMILES string of the molecule is COc1ccc(N=C2C(=O)N(Cc3ccc4ccccc4c3)c3ccc(C(N)=O)cc32)cc1. The lowest BCUT2D eigenvalue weighted by Gasteiger charge is -2.17. The van der Waals surface area contributed by atoms with Gasteiger partial charge in [-0.1, -0.05) is 36.4 Å². The number of methoxy groups -OCH3 is 1. The molecular formula is C27H21N3O3. The average Bonchev–Trinajstić information content (AvgIpc) is 3.09. The molecule has 0 aromatic heterocycles. The standard InChI is InChI=1S/C27H21N3O3/c1-33-22-11-9-21(10-12-22)29-25-23-15-20(26(28)31)8-13-24(23)30(27(25)32)16-17-6-7-18-4-2-3-5-19(18)14-17/h2-15H,16H2,1H3,(H2,28,31). The first kappa shape index (κ1) is 20.5. The number of benzene rings is 4. The van der Waals surface area contributed by atoms with Crippen LogP contribution in [0.5, 0.6) is 5.75 Å². The fourth-order valence-electron chi connectivity index (χ4n) is 4.04. The molecule has 4 aromatic carbocycles. The van der Waals surface area contributed by atoms with E-state index in [4.69, 9.17) is 10.5 Å². The fourth-order valence-corrected chi connectivity index (χ4v) is 4.04. The van der Waals surface area contributed by atoms with Crippen LogP contribution in [0.3, 0.4) is 0 Å². The molecule has 0 saturated carbocycles. The number of ether oxygens (including phenoxy) is 1. The Morgan fingerprint density at radius 2 is 1.70 bits per heavy atom. The molecule has 0 saturated heterocycles. The van der Waals surface area contributed by atoms with Gasteiger partial charge >= 0.3 is 0 Å². The van der Waals surface area contributed by atoms with Crippen molar-refractivity contribution in [1.29, 1.82) is 0 Å². The number of aliphatic imine (C=N–C) groups is 1. The fraction of sp³-hybridized carbons (Fsp3) is 0.0741. The first-order chi connectivity index (χ1) is 16.0. The molecule has 0 atom stereocenters. The molecular weight excluding hydrogens is 414 g/mol. The molecule has 1 heterocycles. The number of carbonyl (C=O) groups is 2. The lowest BCUT2D eigenvalue weighted by Crippen LogP contribution is -2.29. The van der Waals surface area contributed by atoms with Gasteiger partial charge in [-0.15, -0.1) is 0 Å². The van der Waals surface area contributed by atoms with Crippen molar-refractivity contribution in [2.45, 2.75) is 6.54 Å². The zero-order chi connectivity index (χ0) is 22.9. The molecule has 0 unspecified atom stereocenters. The number of fused-ring (bicyclic) bond motifs is 2. The normalized spacial score (nSPS) is 14.0. The van der Waals surface area contributed by atoms with Gasteiger partial charge in [0.15, 0.2) is 0 Å². The second-order valence-electron chi connectivity index (χ2n) is 7.83. The summed E-state index contributed by atoms with van der Waals surface area (Å²) in [4.78, 5) is 31.6. The van der Waals surface area contributed by atoms with Gasteiger partial charge in [-0.2, -0.15) is 0 Å². The van der Waals surface area contributed by atoms with Crippen LogP contribution in [0.4, 0.5) is 11.4 Å². The number of hydrogen-bond acceptors (Lipinski definition) is 4. The maximum atomic E-state index is 13.5. The van der Waals surface area contributed by atoms with E-state index in [9.17, 15) is 9.59 Å². The molecule has 1 aliphatic heterocycles. The Morgan fingerprint density at radius 3 is 2.42 bits per heavy atom. The van der Waals surface area contributed by atoms with Gasteiger partial charge in [0, 0.05) is 11.1 Å². The Balaban J connectivity index is 1.57. The number of anilines is 1. The van der Waals surface area contributed by atoms with Crippen LogP contribution >= 0.6 is 0 Å². The summed E-state index contributed by atoms with van der Waals surface area (Å²) in [5, 5.41) is 2.25. The lowest BCUT2D eigenvalue weighted by atomic mass is 10.1. The van der Waals surface area contributed by atoms with Crippen LogP contribution in [-0.2, 0) is 11.3 Å². The van der Waals surface area contributed by atoms with Gasteiger partial charge in [-0.25, -0.2) is 4.99 Å². The van der Waals surface area contributed by atoms with E-state index < -0.39 is 5.91 Å². The second-order valence-corrected chi connectivity index (χ2v) is 7.83. The predicted molar refractivity (Wildman–Crippen MR) is 129 cm³/mol. The second kappa shape index (κ2) is 8.24. The average molecular weight is 435 g/mol. The number of nitrogens with two attached hydrogens (primary N) is 1. The van der Waals surface area contributed by atoms with E-state index in [1.807, 2.05) is 24.3 Å². The number of amides is 2. The zero-order valence-electron chi connectivity index (χ0n) is 18.0. The number of rotatable bonds is 5. The molecule has 6 nitrogen and oxygen atoms in total. The van der Waals surface area contributed by atoms with Gasteiger partial charge in [0.1, 0.15) is 11.5 Å². The minimum absolute atomic E-state index is 0.226. The highest BCUT2D eigenvalue weighted by atomic mass is 16.5. The maximum absolute atomic E-state index is 13.5. The topological polar surface area (TPSA) is 85.0 Å². The summed E-state index contributed by atoms with van der Waals surface area (Å²) < 4.78 is 5.20. The van der Waals surface area contributed by atoms with E-state index in [0.717, 1.165) is 16.3 Å². The predicted octanol–water partition coefficient (Wildman–Crippen LogP) is 4.61. The highest BCUT2D eigenvalue weighted by Crippen LogP contribution is 2.33. The van der Waals surface area contributed by atoms with Crippen molar-refractivity contribution >= 4 is 39.7 Å². The Kier molecular flexibility index (Phi) is 5.11. The van der Waals surface area contributed by atoms with Crippen molar-refractivity contribution in [3.63, 3.8) is 0 Å². The monoisotopic (exact) mass is 435 g/mol. The quantitative estimate of drug-likeness (QED) is 0.497. The van der Waals surface area contributed by atoms with Crippen LogP contribution in [0, 0.1) is 0 Å². The highest BCUT2D eigenvalue weighted by Gasteiger charge is 2.34. The van der Waals surface area contributed by atoms with E-state index >= 15 is 0 Å². The number of nitrogens with zero attached hydrogens (tertiary/aromatic N) is 2. The number of carbonyl (C=O) groups excluding carboxylic acids is 2. The molecule has 0 spiro atoms. The Morgan fingerprint density at radius 1 is 0.939 bits per heavy atom. The minimum atomic E-state index is -0.554. The maximum Gasteiger partial charge on any atom is 0.277 e. The van der Waals surface area contributed by atoms with Crippen LogP contribution in [-0.4, -0.2) is 24.6 Å². The summed E-state index contributed by atoms with van der Waals surface area (Å²) in [5.74, 6) is -0.0799. The third-order valence-corrected chi connectivity index (χ3v) is 5.74. The van der Waals surface area contributed by atoms with Gasteiger partial charge in [-0.3, -0.25) is 9.59 Å². The molecule has 0 bridgehead atoms. The molecule has 6 heteroatoms. The smallest absolute Gasteiger partial charge is 0.277 e.